The Hall–Kier alpha value is -1.47. The molecule has 0 saturated carbocycles. The molecule has 0 spiro atoms. The molecule has 92 valence electrons. The number of nitrogens with two attached hydrogens (primary N) is 2. The minimum atomic E-state index is -1.36. The van der Waals surface area contributed by atoms with E-state index in [0.717, 1.165) is 0 Å². The van der Waals surface area contributed by atoms with Gasteiger partial charge in [-0.3, -0.25) is 4.79 Å². The van der Waals surface area contributed by atoms with Crippen LogP contribution >= 0.6 is 0 Å². The van der Waals surface area contributed by atoms with Crippen LogP contribution in [-0.4, -0.2) is 35.1 Å². The molecule has 0 radical (unpaired) electrons. The smallest absolute Gasteiger partial charge is 0.331 e. The van der Waals surface area contributed by atoms with Gasteiger partial charge in [0.2, 0.25) is 0 Å². The van der Waals surface area contributed by atoms with Gasteiger partial charge in [0, 0.05) is 0 Å². The maximum atomic E-state index is 11.2. The van der Waals surface area contributed by atoms with Crippen LogP contribution in [0.15, 0.2) is 0 Å². The summed E-state index contributed by atoms with van der Waals surface area (Å²) in [6, 6.07) is -2.29. The lowest BCUT2D eigenvalue weighted by Crippen LogP contribution is -2.42. The monoisotopic (exact) mass is 232 g/mol. The fourth-order valence-corrected chi connectivity index (χ4v) is 0.786. The van der Waals surface area contributed by atoms with Gasteiger partial charge in [0.05, 0.1) is 6.42 Å². The summed E-state index contributed by atoms with van der Waals surface area (Å²) in [5.41, 5.74) is 10.6. The summed E-state index contributed by atoms with van der Waals surface area (Å²) in [7, 11) is 0. The van der Waals surface area contributed by atoms with Crippen LogP contribution < -0.4 is 11.5 Å². The zero-order valence-corrected chi connectivity index (χ0v) is 9.17. The molecule has 0 saturated heterocycles. The van der Waals surface area contributed by atoms with Crippen molar-refractivity contribution < 1.29 is 24.2 Å². The van der Waals surface area contributed by atoms with Gasteiger partial charge in [-0.05, 0) is 5.92 Å². The highest BCUT2D eigenvalue weighted by atomic mass is 16.6. The van der Waals surface area contributed by atoms with Crippen molar-refractivity contribution in [1.82, 2.24) is 0 Å². The van der Waals surface area contributed by atoms with Gasteiger partial charge in [-0.1, -0.05) is 13.8 Å². The maximum absolute atomic E-state index is 11.2. The first-order valence-electron chi connectivity index (χ1n) is 4.74. The molecule has 0 fully saturated rings. The largest absolute Gasteiger partial charge is 0.481 e. The van der Waals surface area contributed by atoms with E-state index in [9.17, 15) is 14.4 Å². The van der Waals surface area contributed by atoms with Crippen molar-refractivity contribution in [2.24, 2.45) is 17.4 Å². The van der Waals surface area contributed by atoms with Crippen LogP contribution in [0, 0.1) is 5.92 Å². The van der Waals surface area contributed by atoms with E-state index in [0.29, 0.717) is 0 Å². The Labute approximate surface area is 92.7 Å². The summed E-state index contributed by atoms with van der Waals surface area (Å²) in [4.78, 5) is 32.6. The molecule has 7 heteroatoms. The first-order valence-corrected chi connectivity index (χ1v) is 4.74. The van der Waals surface area contributed by atoms with Crippen LogP contribution in [-0.2, 0) is 19.1 Å². The van der Waals surface area contributed by atoms with E-state index in [1.54, 1.807) is 13.8 Å². The average molecular weight is 232 g/mol. The number of carbonyl (C=O) groups excluding carboxylic acids is 2. The standard InChI is InChI=1S/C9H16N2O5/c1-4(2)7(11)9(15)16-8(14)5(10)3-6(12)13/h4-5,7H,3,10-11H2,1-2H3,(H,12,13)/t5-,7-/m0/s1. The third kappa shape index (κ3) is 4.85. The van der Waals surface area contributed by atoms with Crippen LogP contribution in [0.25, 0.3) is 0 Å². The second-order valence-corrected chi connectivity index (χ2v) is 3.71. The summed E-state index contributed by atoms with van der Waals surface area (Å²) in [5, 5.41) is 8.37. The molecular weight excluding hydrogens is 216 g/mol. The zero-order chi connectivity index (χ0) is 12.9. The molecule has 0 unspecified atom stereocenters. The first kappa shape index (κ1) is 14.5. The normalized spacial score (nSPS) is 14.3. The summed E-state index contributed by atoms with van der Waals surface area (Å²) < 4.78 is 4.34. The van der Waals surface area contributed by atoms with Crippen LogP contribution in [0.4, 0.5) is 0 Å². The number of carboxylic acid groups (broad SMARTS) is 1. The number of ether oxygens (including phenoxy) is 1. The van der Waals surface area contributed by atoms with Gasteiger partial charge < -0.3 is 21.3 Å². The highest BCUT2D eigenvalue weighted by Crippen LogP contribution is 2.02. The molecule has 7 nitrogen and oxygen atoms in total. The molecule has 0 aromatic heterocycles. The summed E-state index contributed by atoms with van der Waals surface area (Å²) in [6.07, 6.45) is -0.594. The van der Waals surface area contributed by atoms with Crippen molar-refractivity contribution in [3.8, 4) is 0 Å². The van der Waals surface area contributed by atoms with Gasteiger partial charge in [-0.2, -0.15) is 0 Å². The van der Waals surface area contributed by atoms with Gasteiger partial charge in [-0.15, -0.1) is 0 Å². The molecule has 0 amide bonds. The average Bonchev–Trinajstić information content (AvgIpc) is 2.14. The Morgan fingerprint density at radius 3 is 2.06 bits per heavy atom. The predicted molar refractivity (Wildman–Crippen MR) is 54.1 cm³/mol. The Kier molecular flexibility index (Phi) is 5.62. The van der Waals surface area contributed by atoms with E-state index in [1.807, 2.05) is 0 Å². The van der Waals surface area contributed by atoms with E-state index in [1.165, 1.54) is 0 Å². The van der Waals surface area contributed by atoms with Crippen molar-refractivity contribution in [1.29, 1.82) is 0 Å². The predicted octanol–water partition coefficient (Wildman–Crippen LogP) is -1.16. The molecule has 5 N–H and O–H groups in total. The highest BCUT2D eigenvalue weighted by Gasteiger charge is 2.26. The molecule has 0 heterocycles. The molecule has 0 rings (SSSR count). The minimum Gasteiger partial charge on any atom is -0.481 e. The molecule has 2 atom stereocenters. The summed E-state index contributed by atoms with van der Waals surface area (Å²) in [5.74, 6) is -3.41. The van der Waals surface area contributed by atoms with Crippen LogP contribution in [0.5, 0.6) is 0 Å². The van der Waals surface area contributed by atoms with Crippen LogP contribution in [0.1, 0.15) is 20.3 Å². The van der Waals surface area contributed by atoms with Gasteiger partial charge >= 0.3 is 17.9 Å². The Balaban J connectivity index is 4.24. The number of esters is 2. The third-order valence-electron chi connectivity index (χ3n) is 1.89. The molecular formula is C9H16N2O5. The van der Waals surface area contributed by atoms with E-state index in [4.69, 9.17) is 16.6 Å². The van der Waals surface area contributed by atoms with Gasteiger partial charge in [0.25, 0.3) is 0 Å². The molecule has 0 aliphatic rings. The fraction of sp³-hybridized carbons (Fsp3) is 0.667. The van der Waals surface area contributed by atoms with Crippen molar-refractivity contribution in [2.75, 3.05) is 0 Å². The van der Waals surface area contributed by atoms with E-state index in [-0.39, 0.29) is 5.92 Å². The lowest BCUT2D eigenvalue weighted by Gasteiger charge is -2.14. The molecule has 0 aliphatic heterocycles. The maximum Gasteiger partial charge on any atom is 0.331 e. The molecule has 16 heavy (non-hydrogen) atoms. The van der Waals surface area contributed by atoms with Gasteiger partial charge in [0.15, 0.2) is 0 Å². The molecule has 0 aliphatic carbocycles. The van der Waals surface area contributed by atoms with Crippen molar-refractivity contribution >= 4 is 17.9 Å². The number of aliphatic carboxylic acids is 1. The number of carboxylic acids is 1. The molecule has 0 bridgehead atoms. The lowest BCUT2D eigenvalue weighted by molar-refractivity contribution is -0.163. The quantitative estimate of drug-likeness (QED) is 0.402. The lowest BCUT2D eigenvalue weighted by atomic mass is 10.1. The Bertz CT molecular complexity index is 290. The Morgan fingerprint density at radius 2 is 1.69 bits per heavy atom. The number of hydrogen-bond acceptors (Lipinski definition) is 6. The summed E-state index contributed by atoms with van der Waals surface area (Å²) >= 11 is 0. The van der Waals surface area contributed by atoms with Gasteiger partial charge in [-0.25, -0.2) is 9.59 Å². The Morgan fingerprint density at radius 1 is 1.19 bits per heavy atom. The number of hydrogen-bond donors (Lipinski definition) is 3. The molecule has 0 aromatic carbocycles. The van der Waals surface area contributed by atoms with E-state index in [2.05, 4.69) is 4.74 Å². The van der Waals surface area contributed by atoms with Crippen LogP contribution in [0.2, 0.25) is 0 Å². The van der Waals surface area contributed by atoms with Crippen molar-refractivity contribution in [3.63, 3.8) is 0 Å². The minimum absolute atomic E-state index is 0.184. The van der Waals surface area contributed by atoms with E-state index < -0.39 is 36.4 Å². The highest BCUT2D eigenvalue weighted by molar-refractivity contribution is 5.92. The SMILES string of the molecule is CC(C)[C@H](N)C(=O)OC(=O)[C@@H](N)CC(=O)O. The molecule has 0 aromatic rings. The first-order chi connectivity index (χ1) is 7.25. The van der Waals surface area contributed by atoms with Crippen molar-refractivity contribution in [3.05, 3.63) is 0 Å². The second-order valence-electron chi connectivity index (χ2n) is 3.71. The van der Waals surface area contributed by atoms with Gasteiger partial charge in [0.1, 0.15) is 12.1 Å². The zero-order valence-electron chi connectivity index (χ0n) is 9.17. The van der Waals surface area contributed by atoms with E-state index >= 15 is 0 Å². The third-order valence-corrected chi connectivity index (χ3v) is 1.89. The summed E-state index contributed by atoms with van der Waals surface area (Å²) in [6.45, 7) is 3.38. The van der Waals surface area contributed by atoms with Crippen molar-refractivity contribution in [2.45, 2.75) is 32.4 Å². The number of carbonyl (C=O) groups is 3. The fourth-order valence-electron chi connectivity index (χ4n) is 0.786. The van der Waals surface area contributed by atoms with Crippen LogP contribution in [0.3, 0.4) is 0 Å². The second kappa shape index (κ2) is 6.19. The topological polar surface area (TPSA) is 133 Å². The number of rotatable bonds is 5.